The molecule has 8 heteroatoms. The molecule has 1 heterocycles. The van der Waals surface area contributed by atoms with Crippen LogP contribution in [0.1, 0.15) is 18.9 Å². The van der Waals surface area contributed by atoms with E-state index in [4.69, 9.17) is 5.73 Å². The van der Waals surface area contributed by atoms with Crippen molar-refractivity contribution >= 4 is 10.0 Å². The van der Waals surface area contributed by atoms with Gasteiger partial charge in [0, 0.05) is 18.8 Å². The van der Waals surface area contributed by atoms with E-state index in [1.807, 2.05) is 6.92 Å². The van der Waals surface area contributed by atoms with Gasteiger partial charge in [-0.05, 0) is 44.0 Å². The van der Waals surface area contributed by atoms with Crippen molar-refractivity contribution in [2.45, 2.75) is 31.2 Å². The zero-order valence-electron chi connectivity index (χ0n) is 12.5. The van der Waals surface area contributed by atoms with Gasteiger partial charge in [-0.3, -0.25) is 0 Å². The van der Waals surface area contributed by atoms with Crippen molar-refractivity contribution < 1.29 is 12.8 Å². The summed E-state index contributed by atoms with van der Waals surface area (Å²) in [6.45, 7) is 3.83. The van der Waals surface area contributed by atoms with Crippen LogP contribution >= 0.6 is 0 Å². The van der Waals surface area contributed by atoms with Crippen molar-refractivity contribution in [3.05, 3.63) is 42.0 Å². The summed E-state index contributed by atoms with van der Waals surface area (Å²) in [5, 5.41) is 4.01. The lowest BCUT2D eigenvalue weighted by molar-refractivity contribution is 0.567. The number of hydrogen-bond acceptors (Lipinski definition) is 4. The van der Waals surface area contributed by atoms with Gasteiger partial charge in [0.2, 0.25) is 10.0 Å². The zero-order valence-corrected chi connectivity index (χ0v) is 13.3. The van der Waals surface area contributed by atoms with Crippen LogP contribution in [0, 0.1) is 12.7 Å². The number of aromatic nitrogens is 2. The summed E-state index contributed by atoms with van der Waals surface area (Å²) in [6.07, 6.45) is 3.76. The highest BCUT2D eigenvalue weighted by Gasteiger charge is 2.17. The zero-order chi connectivity index (χ0) is 16.3. The molecule has 1 atom stereocenters. The first-order chi connectivity index (χ1) is 10.3. The molecule has 0 spiro atoms. The molecule has 1 aromatic heterocycles. The lowest BCUT2D eigenvalue weighted by Crippen LogP contribution is -2.29. The highest BCUT2D eigenvalue weighted by Crippen LogP contribution is 2.18. The Morgan fingerprint density at radius 2 is 2.18 bits per heavy atom. The van der Waals surface area contributed by atoms with E-state index in [-0.39, 0.29) is 23.2 Å². The van der Waals surface area contributed by atoms with Gasteiger partial charge in [-0.2, -0.15) is 5.10 Å². The van der Waals surface area contributed by atoms with E-state index in [1.165, 1.54) is 16.8 Å². The van der Waals surface area contributed by atoms with Crippen LogP contribution in [0.15, 0.2) is 35.5 Å². The number of nitrogens with one attached hydrogen (secondary N) is 1. The fourth-order valence-corrected chi connectivity index (χ4v) is 2.95. The van der Waals surface area contributed by atoms with E-state index in [1.54, 1.807) is 19.3 Å². The van der Waals surface area contributed by atoms with Gasteiger partial charge in [-0.25, -0.2) is 22.2 Å². The van der Waals surface area contributed by atoms with Crippen LogP contribution < -0.4 is 10.5 Å². The quantitative estimate of drug-likeness (QED) is 0.838. The molecule has 0 fully saturated rings. The smallest absolute Gasteiger partial charge is 0.240 e. The molecule has 3 N–H and O–H groups in total. The number of aryl methyl sites for hydroxylation is 1. The Balaban J connectivity index is 2.21. The number of halogens is 1. The largest absolute Gasteiger partial charge is 0.328 e. The second kappa shape index (κ2) is 6.55. The minimum absolute atomic E-state index is 0.107. The van der Waals surface area contributed by atoms with Crippen molar-refractivity contribution in [1.82, 2.24) is 14.5 Å². The molecular weight excluding hydrogens is 307 g/mol. The molecule has 120 valence electrons. The predicted molar refractivity (Wildman–Crippen MR) is 81.7 cm³/mol. The van der Waals surface area contributed by atoms with Crippen LogP contribution in [0.4, 0.5) is 4.39 Å². The van der Waals surface area contributed by atoms with Crippen molar-refractivity contribution in [1.29, 1.82) is 0 Å². The molecule has 1 unspecified atom stereocenters. The first-order valence-electron chi connectivity index (χ1n) is 6.86. The first-order valence-corrected chi connectivity index (χ1v) is 8.34. The third kappa shape index (κ3) is 3.90. The third-order valence-corrected chi connectivity index (χ3v) is 4.54. The van der Waals surface area contributed by atoms with E-state index < -0.39 is 15.8 Å². The number of sulfonamides is 1. The lowest BCUT2D eigenvalue weighted by atomic mass is 10.3. The maximum atomic E-state index is 14.2. The Morgan fingerprint density at radius 1 is 1.45 bits per heavy atom. The summed E-state index contributed by atoms with van der Waals surface area (Å²) in [6, 6.07) is 3.62. The molecule has 1 aromatic carbocycles. The van der Waals surface area contributed by atoms with Crippen molar-refractivity contribution in [3.8, 4) is 5.69 Å². The Kier molecular flexibility index (Phi) is 4.94. The molecule has 0 saturated carbocycles. The number of hydrogen-bond donors (Lipinski definition) is 2. The standard InChI is InChI=1S/C14H19FN4O2S/c1-10-8-17-19(9-10)14-4-3-12(7-13(14)15)22(20,21)18-6-5-11(2)16/h3-4,7-9,11,18H,5-6,16H2,1-2H3. The second-order valence-electron chi connectivity index (χ2n) is 5.24. The topological polar surface area (TPSA) is 90.0 Å². The van der Waals surface area contributed by atoms with E-state index in [0.717, 1.165) is 11.6 Å². The summed E-state index contributed by atoms with van der Waals surface area (Å²) < 4.78 is 42.1. The summed E-state index contributed by atoms with van der Waals surface area (Å²) in [5.41, 5.74) is 6.65. The monoisotopic (exact) mass is 326 g/mol. The van der Waals surface area contributed by atoms with E-state index in [2.05, 4.69) is 9.82 Å². The van der Waals surface area contributed by atoms with Crippen LogP contribution in [-0.2, 0) is 10.0 Å². The summed E-state index contributed by atoms with van der Waals surface area (Å²) in [5.74, 6) is -0.654. The van der Waals surface area contributed by atoms with Gasteiger partial charge in [-0.1, -0.05) is 0 Å². The van der Waals surface area contributed by atoms with Gasteiger partial charge in [0.05, 0.1) is 11.1 Å². The minimum Gasteiger partial charge on any atom is -0.328 e. The second-order valence-corrected chi connectivity index (χ2v) is 7.01. The summed E-state index contributed by atoms with van der Waals surface area (Å²) in [7, 11) is -3.75. The Morgan fingerprint density at radius 3 is 2.73 bits per heavy atom. The molecule has 6 nitrogen and oxygen atoms in total. The summed E-state index contributed by atoms with van der Waals surface area (Å²) >= 11 is 0. The fourth-order valence-electron chi connectivity index (χ4n) is 1.89. The maximum absolute atomic E-state index is 14.2. The van der Waals surface area contributed by atoms with Gasteiger partial charge in [0.25, 0.3) is 0 Å². The first kappa shape index (κ1) is 16.6. The third-order valence-electron chi connectivity index (χ3n) is 3.08. The molecule has 0 bridgehead atoms. The minimum atomic E-state index is -3.75. The maximum Gasteiger partial charge on any atom is 0.240 e. The normalized spacial score (nSPS) is 13.3. The van der Waals surface area contributed by atoms with E-state index in [9.17, 15) is 12.8 Å². The van der Waals surface area contributed by atoms with Gasteiger partial charge >= 0.3 is 0 Å². The Bertz CT molecular complexity index is 756. The molecule has 0 radical (unpaired) electrons. The van der Waals surface area contributed by atoms with Crippen LogP contribution in [0.2, 0.25) is 0 Å². The van der Waals surface area contributed by atoms with Crippen molar-refractivity contribution in [2.75, 3.05) is 6.54 Å². The average molecular weight is 326 g/mol. The molecule has 22 heavy (non-hydrogen) atoms. The summed E-state index contributed by atoms with van der Waals surface area (Å²) in [4.78, 5) is -0.123. The molecule has 0 amide bonds. The molecule has 0 aliphatic carbocycles. The fraction of sp³-hybridized carbons (Fsp3) is 0.357. The molecule has 0 aliphatic heterocycles. The lowest BCUT2D eigenvalue weighted by Gasteiger charge is -2.10. The molecule has 0 aliphatic rings. The number of nitrogens with two attached hydrogens (primary N) is 1. The van der Waals surface area contributed by atoms with Gasteiger partial charge < -0.3 is 5.73 Å². The number of nitrogens with zero attached hydrogens (tertiary/aromatic N) is 2. The SMILES string of the molecule is Cc1cnn(-c2ccc(S(=O)(=O)NCCC(C)N)cc2F)c1. The molecular formula is C14H19FN4O2S. The van der Waals surface area contributed by atoms with Crippen LogP contribution in [0.25, 0.3) is 5.69 Å². The Hall–Kier alpha value is -1.77. The van der Waals surface area contributed by atoms with Gasteiger partial charge in [-0.15, -0.1) is 0 Å². The van der Waals surface area contributed by atoms with Crippen molar-refractivity contribution in [3.63, 3.8) is 0 Å². The number of benzene rings is 1. The average Bonchev–Trinajstić information content (AvgIpc) is 2.84. The van der Waals surface area contributed by atoms with Gasteiger partial charge in [0.1, 0.15) is 11.5 Å². The molecule has 2 aromatic rings. The molecule has 0 saturated heterocycles. The van der Waals surface area contributed by atoms with E-state index in [0.29, 0.717) is 6.42 Å². The van der Waals surface area contributed by atoms with E-state index >= 15 is 0 Å². The number of rotatable bonds is 6. The van der Waals surface area contributed by atoms with Crippen molar-refractivity contribution in [2.24, 2.45) is 5.73 Å². The van der Waals surface area contributed by atoms with Crippen LogP contribution in [-0.4, -0.2) is 30.8 Å². The predicted octanol–water partition coefficient (Wildman–Crippen LogP) is 1.34. The highest BCUT2D eigenvalue weighted by molar-refractivity contribution is 7.89. The molecule has 2 rings (SSSR count). The van der Waals surface area contributed by atoms with Crippen LogP contribution in [0.5, 0.6) is 0 Å². The Labute approximate surface area is 129 Å². The highest BCUT2D eigenvalue weighted by atomic mass is 32.2. The van der Waals surface area contributed by atoms with Gasteiger partial charge in [0.15, 0.2) is 0 Å². The van der Waals surface area contributed by atoms with Crippen LogP contribution in [0.3, 0.4) is 0 Å².